The lowest BCUT2D eigenvalue weighted by Crippen LogP contribution is -2.29. The predicted molar refractivity (Wildman–Crippen MR) is 115 cm³/mol. The van der Waals surface area contributed by atoms with Crippen molar-refractivity contribution in [2.45, 2.75) is 26.2 Å². The zero-order valence-corrected chi connectivity index (χ0v) is 18.1. The molecule has 4 rings (SSSR count). The third-order valence-corrected chi connectivity index (χ3v) is 6.17. The van der Waals surface area contributed by atoms with E-state index in [-0.39, 0.29) is 54.3 Å². The molecule has 0 aromatic heterocycles. The van der Waals surface area contributed by atoms with Gasteiger partial charge in [0.25, 0.3) is 0 Å². The maximum Gasteiger partial charge on any atom is 0.316 e. The molecule has 0 unspecified atom stereocenters. The van der Waals surface area contributed by atoms with Gasteiger partial charge in [0.2, 0.25) is 17.7 Å². The van der Waals surface area contributed by atoms with Crippen LogP contribution in [0.5, 0.6) is 5.75 Å². The number of amides is 3. The van der Waals surface area contributed by atoms with Crippen LogP contribution in [0, 0.1) is 12.8 Å². The van der Waals surface area contributed by atoms with Crippen LogP contribution in [0.4, 0.5) is 11.4 Å². The van der Waals surface area contributed by atoms with Crippen molar-refractivity contribution < 1.29 is 23.9 Å². The van der Waals surface area contributed by atoms with Gasteiger partial charge in [-0.15, -0.1) is 0 Å². The number of carbonyl (C=O) groups excluding carboxylic acids is 4. The summed E-state index contributed by atoms with van der Waals surface area (Å²) in [5, 5.41) is 0.576. The molecule has 7 nitrogen and oxygen atoms in total. The Labute approximate surface area is 188 Å². The van der Waals surface area contributed by atoms with Gasteiger partial charge < -0.3 is 9.64 Å². The van der Waals surface area contributed by atoms with Gasteiger partial charge in [0.05, 0.1) is 27.3 Å². The monoisotopic (exact) mass is 460 g/mol. The van der Waals surface area contributed by atoms with E-state index in [0.29, 0.717) is 22.0 Å². The van der Waals surface area contributed by atoms with Crippen molar-refractivity contribution in [3.05, 3.63) is 52.0 Å². The van der Waals surface area contributed by atoms with Crippen LogP contribution in [0.1, 0.15) is 24.8 Å². The summed E-state index contributed by atoms with van der Waals surface area (Å²) >= 11 is 12.2. The van der Waals surface area contributed by atoms with E-state index in [1.807, 2.05) is 0 Å². The zero-order chi connectivity index (χ0) is 22.3. The Bertz CT molecular complexity index is 1100. The molecule has 0 bridgehead atoms. The first-order valence-corrected chi connectivity index (χ1v) is 10.4. The molecule has 0 spiro atoms. The van der Waals surface area contributed by atoms with Crippen molar-refractivity contribution in [1.82, 2.24) is 0 Å². The average Bonchev–Trinajstić information content (AvgIpc) is 3.27. The summed E-state index contributed by atoms with van der Waals surface area (Å²) in [5.41, 5.74) is 1.56. The molecule has 0 aliphatic carbocycles. The van der Waals surface area contributed by atoms with Gasteiger partial charge in [0, 0.05) is 25.8 Å². The van der Waals surface area contributed by atoms with Gasteiger partial charge in [-0.05, 0) is 42.8 Å². The Morgan fingerprint density at radius 1 is 1.00 bits per heavy atom. The number of aryl methyl sites for hydroxylation is 1. The van der Waals surface area contributed by atoms with E-state index in [1.54, 1.807) is 37.3 Å². The number of rotatable bonds is 4. The highest BCUT2D eigenvalue weighted by Crippen LogP contribution is 2.36. The molecule has 2 saturated heterocycles. The van der Waals surface area contributed by atoms with Gasteiger partial charge in [-0.2, -0.15) is 0 Å². The smallest absolute Gasteiger partial charge is 0.316 e. The van der Waals surface area contributed by atoms with Crippen molar-refractivity contribution in [2.75, 3.05) is 16.3 Å². The van der Waals surface area contributed by atoms with E-state index in [4.69, 9.17) is 27.9 Å². The van der Waals surface area contributed by atoms with Crippen molar-refractivity contribution in [2.24, 2.45) is 5.92 Å². The summed E-state index contributed by atoms with van der Waals surface area (Å²) in [6.07, 6.45) is 0.380. The van der Waals surface area contributed by atoms with E-state index in [1.165, 1.54) is 11.0 Å². The maximum atomic E-state index is 12.7. The molecule has 2 aliphatic rings. The largest absolute Gasteiger partial charge is 0.426 e. The molecule has 9 heteroatoms. The number of halogens is 2. The standard InChI is InChI=1S/C22H18Cl2N2O5/c1-12-9-14(5-6-16(12)26-18(27)7-8-19(26)28)31-22(30)13-10-20(29)25(11-13)17-4-2-3-15(23)21(17)24/h2-6,9,13H,7-8,10-11H2,1H3/t13-/m0/s1. The first-order chi connectivity index (χ1) is 14.8. The quantitative estimate of drug-likeness (QED) is 0.392. The van der Waals surface area contributed by atoms with Crippen LogP contribution in [-0.4, -0.2) is 30.2 Å². The Hall–Kier alpha value is -2.90. The van der Waals surface area contributed by atoms with Gasteiger partial charge in [0.15, 0.2) is 0 Å². The molecule has 160 valence electrons. The van der Waals surface area contributed by atoms with Gasteiger partial charge in [-0.25, -0.2) is 0 Å². The normalized spacial score (nSPS) is 18.8. The summed E-state index contributed by atoms with van der Waals surface area (Å²) in [6, 6.07) is 9.67. The first kappa shape index (κ1) is 21.3. The third kappa shape index (κ3) is 4.03. The minimum Gasteiger partial charge on any atom is -0.426 e. The molecule has 2 aromatic rings. The van der Waals surface area contributed by atoms with E-state index in [2.05, 4.69) is 0 Å². The lowest BCUT2D eigenvalue weighted by molar-refractivity contribution is -0.139. The van der Waals surface area contributed by atoms with Gasteiger partial charge in [-0.1, -0.05) is 29.3 Å². The number of carbonyl (C=O) groups is 4. The minimum atomic E-state index is -0.663. The lowest BCUT2D eigenvalue weighted by Gasteiger charge is -2.19. The molecule has 2 fully saturated rings. The van der Waals surface area contributed by atoms with Crippen molar-refractivity contribution in [3.63, 3.8) is 0 Å². The van der Waals surface area contributed by atoms with Crippen LogP contribution < -0.4 is 14.5 Å². The van der Waals surface area contributed by atoms with E-state index in [9.17, 15) is 19.2 Å². The molecule has 1 atom stereocenters. The molecule has 0 saturated carbocycles. The molecule has 2 aromatic carbocycles. The van der Waals surface area contributed by atoms with E-state index in [0.717, 1.165) is 4.90 Å². The second kappa shape index (κ2) is 8.32. The SMILES string of the molecule is Cc1cc(OC(=O)[C@H]2CC(=O)N(c3cccc(Cl)c3Cl)C2)ccc1N1C(=O)CCC1=O. The summed E-state index contributed by atoms with van der Waals surface area (Å²) in [5.74, 6) is -1.68. The molecule has 2 aliphatic heterocycles. The number of imide groups is 1. The third-order valence-electron chi connectivity index (χ3n) is 5.36. The number of anilines is 2. The zero-order valence-electron chi connectivity index (χ0n) is 16.6. The Kier molecular flexibility index (Phi) is 5.73. The van der Waals surface area contributed by atoms with Crippen LogP contribution in [0.15, 0.2) is 36.4 Å². The van der Waals surface area contributed by atoms with Gasteiger partial charge in [-0.3, -0.25) is 24.1 Å². The number of hydrogen-bond acceptors (Lipinski definition) is 5. The second-order valence-corrected chi connectivity index (χ2v) is 8.26. The topological polar surface area (TPSA) is 84.0 Å². The Morgan fingerprint density at radius 2 is 1.71 bits per heavy atom. The molecule has 2 heterocycles. The number of nitrogens with zero attached hydrogens (tertiary/aromatic N) is 2. The van der Waals surface area contributed by atoms with Gasteiger partial charge >= 0.3 is 5.97 Å². The predicted octanol–water partition coefficient (Wildman–Crippen LogP) is 3.91. The fraction of sp³-hybridized carbons (Fsp3) is 0.273. The molecular formula is C22H18Cl2N2O5. The van der Waals surface area contributed by atoms with Crippen molar-refractivity contribution in [3.8, 4) is 5.75 Å². The van der Waals surface area contributed by atoms with Crippen LogP contribution in [-0.2, 0) is 19.2 Å². The highest BCUT2D eigenvalue weighted by atomic mass is 35.5. The van der Waals surface area contributed by atoms with Gasteiger partial charge in [0.1, 0.15) is 5.75 Å². The van der Waals surface area contributed by atoms with Crippen molar-refractivity contribution in [1.29, 1.82) is 0 Å². The summed E-state index contributed by atoms with van der Waals surface area (Å²) in [4.78, 5) is 51.6. The van der Waals surface area contributed by atoms with Crippen LogP contribution in [0.25, 0.3) is 0 Å². The van der Waals surface area contributed by atoms with Crippen LogP contribution in [0.2, 0.25) is 10.0 Å². The number of ether oxygens (including phenoxy) is 1. The van der Waals surface area contributed by atoms with E-state index >= 15 is 0 Å². The van der Waals surface area contributed by atoms with Crippen molar-refractivity contribution >= 4 is 58.3 Å². The molecule has 31 heavy (non-hydrogen) atoms. The maximum absolute atomic E-state index is 12.7. The summed E-state index contributed by atoms with van der Waals surface area (Å²) in [6.45, 7) is 1.86. The highest BCUT2D eigenvalue weighted by Gasteiger charge is 2.37. The van der Waals surface area contributed by atoms with Crippen LogP contribution >= 0.6 is 23.2 Å². The molecule has 3 amide bonds. The molecule has 0 N–H and O–H groups in total. The summed E-state index contributed by atoms with van der Waals surface area (Å²) in [7, 11) is 0. The van der Waals surface area contributed by atoms with E-state index < -0.39 is 11.9 Å². The average molecular weight is 461 g/mol. The molecular weight excluding hydrogens is 443 g/mol. The minimum absolute atomic E-state index is 0.00444. The first-order valence-electron chi connectivity index (χ1n) is 9.68. The second-order valence-electron chi connectivity index (χ2n) is 7.47. The number of hydrogen-bond donors (Lipinski definition) is 0. The highest BCUT2D eigenvalue weighted by molar-refractivity contribution is 6.44. The fourth-order valence-electron chi connectivity index (χ4n) is 3.79. The number of esters is 1. The fourth-order valence-corrected chi connectivity index (χ4v) is 4.18. The lowest BCUT2D eigenvalue weighted by atomic mass is 10.1. The number of benzene rings is 2. The summed E-state index contributed by atoms with van der Waals surface area (Å²) < 4.78 is 5.47. The Morgan fingerprint density at radius 3 is 2.39 bits per heavy atom. The Balaban J connectivity index is 1.47. The van der Waals surface area contributed by atoms with Crippen LogP contribution in [0.3, 0.4) is 0 Å². The molecule has 0 radical (unpaired) electrons.